The number of allylic oxidation sites excluding steroid dienone is 6. The zero-order valence-corrected chi connectivity index (χ0v) is 45.3. The molecule has 0 fully saturated rings. The normalized spacial score (nSPS) is 13.0. The second-order valence-electron chi connectivity index (χ2n) is 20.6. The molecule has 0 aliphatic carbocycles. The molecule has 0 aromatic heterocycles. The molecule has 0 heterocycles. The van der Waals surface area contributed by atoms with Gasteiger partial charge in [-0.25, -0.2) is 4.79 Å². The Morgan fingerprint density at radius 3 is 1.24 bits per heavy atom. The van der Waals surface area contributed by atoms with Crippen LogP contribution in [-0.2, 0) is 33.3 Å². The van der Waals surface area contributed by atoms with Crippen LogP contribution in [-0.4, -0.2) is 87.4 Å². The molecule has 9 heteroatoms. The van der Waals surface area contributed by atoms with Crippen molar-refractivity contribution in [3.63, 3.8) is 0 Å². The minimum absolute atomic E-state index is 0.183. The van der Waals surface area contributed by atoms with Crippen molar-refractivity contribution in [2.45, 2.75) is 277 Å². The standard InChI is InChI=1S/C59H109NO8/c1-6-8-10-12-14-16-18-19-20-21-22-23-24-25-26-27-28-29-30-31-32-33-34-35-36-37-38-39-40-42-44-46-48-50-57(62)68-55(54-67-59(58(63)64)65-52-51-60(3,4)5)53-66-56(61)49-47-45-43-41-17-15-13-11-9-7-2/h11,13,18-19,21-22,55,59H,6-10,12,14-17,20,23-54H2,1-5H3/p+1/b13-11-,19-18-,22-21-. The van der Waals surface area contributed by atoms with Gasteiger partial charge in [-0.1, -0.05) is 224 Å². The number of carbonyl (C=O) groups is 3. The van der Waals surface area contributed by atoms with Gasteiger partial charge in [-0.15, -0.1) is 0 Å². The van der Waals surface area contributed by atoms with Crippen molar-refractivity contribution in [2.24, 2.45) is 0 Å². The van der Waals surface area contributed by atoms with Crippen molar-refractivity contribution in [1.82, 2.24) is 0 Å². The highest BCUT2D eigenvalue weighted by Gasteiger charge is 2.25. The molecule has 0 spiro atoms. The first kappa shape index (κ1) is 65.5. The van der Waals surface area contributed by atoms with Crippen molar-refractivity contribution in [3.05, 3.63) is 36.5 Å². The second-order valence-corrected chi connectivity index (χ2v) is 20.6. The molecule has 0 aliphatic rings. The summed E-state index contributed by atoms with van der Waals surface area (Å²) in [5.74, 6) is -2.01. The molecule has 2 atom stereocenters. The Morgan fingerprint density at radius 2 is 0.824 bits per heavy atom. The van der Waals surface area contributed by atoms with Crippen LogP contribution in [0, 0.1) is 0 Å². The molecule has 0 amide bonds. The fourth-order valence-corrected chi connectivity index (χ4v) is 8.17. The number of aliphatic carboxylic acids is 1. The Bertz CT molecular complexity index is 1210. The van der Waals surface area contributed by atoms with Crippen molar-refractivity contribution < 1.29 is 42.9 Å². The molecular formula is C59H110NO8+. The molecule has 0 radical (unpaired) electrons. The summed E-state index contributed by atoms with van der Waals surface area (Å²) in [4.78, 5) is 37.2. The molecule has 0 aromatic rings. The number of rotatable bonds is 53. The van der Waals surface area contributed by atoms with E-state index in [1.165, 1.54) is 167 Å². The highest BCUT2D eigenvalue weighted by molar-refractivity contribution is 5.71. The van der Waals surface area contributed by atoms with Crippen LogP contribution in [0.3, 0.4) is 0 Å². The van der Waals surface area contributed by atoms with E-state index in [1.807, 2.05) is 21.1 Å². The predicted octanol–water partition coefficient (Wildman–Crippen LogP) is 16.5. The highest BCUT2D eigenvalue weighted by atomic mass is 16.7. The van der Waals surface area contributed by atoms with Gasteiger partial charge in [0.1, 0.15) is 13.2 Å². The maximum Gasteiger partial charge on any atom is 0.361 e. The number of unbranched alkanes of at least 4 members (excludes halogenated alkanes) is 32. The lowest BCUT2D eigenvalue weighted by Gasteiger charge is -2.25. The summed E-state index contributed by atoms with van der Waals surface area (Å²) in [6.45, 7) is 4.81. The maximum atomic E-state index is 12.8. The fourth-order valence-electron chi connectivity index (χ4n) is 8.17. The van der Waals surface area contributed by atoms with Gasteiger partial charge in [-0.3, -0.25) is 9.59 Å². The second kappa shape index (κ2) is 50.9. The Morgan fingerprint density at radius 1 is 0.441 bits per heavy atom. The van der Waals surface area contributed by atoms with Gasteiger partial charge in [0, 0.05) is 12.8 Å². The van der Waals surface area contributed by atoms with E-state index in [0.29, 0.717) is 17.4 Å². The summed E-state index contributed by atoms with van der Waals surface area (Å²) < 4.78 is 22.8. The van der Waals surface area contributed by atoms with Gasteiger partial charge in [0.15, 0.2) is 6.10 Å². The number of nitrogens with zero attached hydrogens (tertiary/aromatic N) is 1. The third kappa shape index (κ3) is 51.4. The summed E-state index contributed by atoms with van der Waals surface area (Å²) in [7, 11) is 5.96. The van der Waals surface area contributed by atoms with E-state index >= 15 is 0 Å². The largest absolute Gasteiger partial charge is 0.477 e. The number of carboxylic acids is 1. The first-order valence-electron chi connectivity index (χ1n) is 28.7. The lowest BCUT2D eigenvalue weighted by Crippen LogP contribution is -2.40. The van der Waals surface area contributed by atoms with Crippen molar-refractivity contribution >= 4 is 17.9 Å². The van der Waals surface area contributed by atoms with Crippen LogP contribution < -0.4 is 0 Å². The van der Waals surface area contributed by atoms with Crippen molar-refractivity contribution in [2.75, 3.05) is 47.5 Å². The van der Waals surface area contributed by atoms with Crippen LogP contribution in [0.2, 0.25) is 0 Å². The SMILES string of the molecule is CCC/C=C\CCCCCCCC(=O)OCC(COC(OCC[N+](C)(C)C)C(=O)O)OC(=O)CCCCCCCCCCCCCCCCCCCCCCC/C=C\C/C=C\CCCCCCC. The Kier molecular flexibility index (Phi) is 49.0. The molecule has 9 nitrogen and oxygen atoms in total. The third-order valence-electron chi connectivity index (χ3n) is 12.6. The summed E-state index contributed by atoms with van der Waals surface area (Å²) in [6.07, 6.45) is 58.3. The van der Waals surface area contributed by atoms with Crippen LogP contribution in [0.4, 0.5) is 0 Å². The van der Waals surface area contributed by atoms with E-state index in [1.54, 1.807) is 0 Å². The predicted molar refractivity (Wildman–Crippen MR) is 286 cm³/mol. The van der Waals surface area contributed by atoms with Gasteiger partial charge in [0.2, 0.25) is 0 Å². The minimum atomic E-state index is -1.51. The monoisotopic (exact) mass is 961 g/mol. The van der Waals surface area contributed by atoms with E-state index in [0.717, 1.165) is 70.6 Å². The molecule has 0 rings (SSSR count). The first-order valence-corrected chi connectivity index (χ1v) is 28.7. The molecule has 0 bridgehead atoms. The lowest BCUT2D eigenvalue weighted by atomic mass is 10.0. The van der Waals surface area contributed by atoms with E-state index in [-0.39, 0.29) is 32.2 Å². The highest BCUT2D eigenvalue weighted by Crippen LogP contribution is 2.17. The van der Waals surface area contributed by atoms with Crippen molar-refractivity contribution in [1.29, 1.82) is 0 Å². The molecule has 2 unspecified atom stereocenters. The number of carboxylic acid groups (broad SMARTS) is 1. The Hall–Kier alpha value is -2.49. The number of esters is 2. The van der Waals surface area contributed by atoms with Gasteiger partial charge >= 0.3 is 17.9 Å². The average molecular weight is 962 g/mol. The van der Waals surface area contributed by atoms with Crippen molar-refractivity contribution in [3.8, 4) is 0 Å². The number of hydrogen-bond acceptors (Lipinski definition) is 7. The Balaban J connectivity index is 4.00. The molecule has 0 aromatic carbocycles. The Labute approximate surface area is 420 Å². The van der Waals surface area contributed by atoms with Crippen LogP contribution in [0.5, 0.6) is 0 Å². The third-order valence-corrected chi connectivity index (χ3v) is 12.6. The molecule has 0 saturated carbocycles. The van der Waals surface area contributed by atoms with Crippen LogP contribution in [0.25, 0.3) is 0 Å². The van der Waals surface area contributed by atoms with Crippen LogP contribution >= 0.6 is 0 Å². The van der Waals surface area contributed by atoms with Gasteiger partial charge in [-0.05, 0) is 64.2 Å². The lowest BCUT2D eigenvalue weighted by molar-refractivity contribution is -0.870. The molecule has 0 saturated heterocycles. The fraction of sp³-hybridized carbons (Fsp3) is 0.847. The summed E-state index contributed by atoms with van der Waals surface area (Å²) >= 11 is 0. The summed E-state index contributed by atoms with van der Waals surface area (Å²) in [5, 5.41) is 9.66. The van der Waals surface area contributed by atoms with Gasteiger partial charge in [0.25, 0.3) is 6.29 Å². The molecular weight excluding hydrogens is 851 g/mol. The van der Waals surface area contributed by atoms with E-state index in [9.17, 15) is 19.5 Å². The number of likely N-dealkylation sites (N-methyl/N-ethyl adjacent to an activating group) is 1. The zero-order valence-electron chi connectivity index (χ0n) is 45.3. The van der Waals surface area contributed by atoms with E-state index in [4.69, 9.17) is 18.9 Å². The smallest absolute Gasteiger partial charge is 0.361 e. The molecule has 1 N–H and O–H groups in total. The number of ether oxygens (including phenoxy) is 4. The average Bonchev–Trinajstić information content (AvgIpc) is 3.30. The van der Waals surface area contributed by atoms with Gasteiger partial charge < -0.3 is 28.5 Å². The van der Waals surface area contributed by atoms with Gasteiger partial charge in [0.05, 0.1) is 34.4 Å². The minimum Gasteiger partial charge on any atom is -0.477 e. The maximum absolute atomic E-state index is 12.8. The van der Waals surface area contributed by atoms with E-state index in [2.05, 4.69) is 50.3 Å². The van der Waals surface area contributed by atoms with Crippen LogP contribution in [0.15, 0.2) is 36.5 Å². The molecule has 68 heavy (non-hydrogen) atoms. The number of quaternary nitrogens is 1. The summed E-state index contributed by atoms with van der Waals surface area (Å²) in [6, 6.07) is 0. The topological polar surface area (TPSA) is 108 Å². The van der Waals surface area contributed by atoms with Gasteiger partial charge in [-0.2, -0.15) is 0 Å². The first-order chi connectivity index (χ1) is 33.1. The molecule has 0 aliphatic heterocycles. The number of carbonyl (C=O) groups excluding carboxylic acids is 2. The zero-order chi connectivity index (χ0) is 49.9. The van der Waals surface area contributed by atoms with Crippen LogP contribution in [0.1, 0.15) is 264 Å². The number of hydrogen-bond donors (Lipinski definition) is 1. The summed E-state index contributed by atoms with van der Waals surface area (Å²) in [5.41, 5.74) is 0. The quantitative estimate of drug-likeness (QED) is 0.0211. The molecule has 398 valence electrons. The van der Waals surface area contributed by atoms with E-state index < -0.39 is 24.3 Å².